The zero-order valence-electron chi connectivity index (χ0n) is 13.7. The van der Waals surface area contributed by atoms with Gasteiger partial charge in [0.05, 0.1) is 5.75 Å². The van der Waals surface area contributed by atoms with Gasteiger partial charge in [-0.3, -0.25) is 10.1 Å². The molecular formula is C15H18FN5O2S2. The maximum absolute atomic E-state index is 13.1. The van der Waals surface area contributed by atoms with Gasteiger partial charge in [0.2, 0.25) is 11.0 Å². The number of urea groups is 1. The maximum atomic E-state index is 13.1. The molecule has 1 atom stereocenters. The second kappa shape index (κ2) is 9.33. The molecule has 0 aliphatic rings. The summed E-state index contributed by atoms with van der Waals surface area (Å²) < 4.78 is 13.7. The molecular weight excluding hydrogens is 365 g/mol. The van der Waals surface area contributed by atoms with Gasteiger partial charge in [-0.05, 0) is 31.5 Å². The van der Waals surface area contributed by atoms with Crippen molar-refractivity contribution in [2.75, 3.05) is 11.1 Å². The first-order chi connectivity index (χ1) is 12.0. The molecule has 0 saturated carbocycles. The Balaban J connectivity index is 1.79. The second-order valence-corrected chi connectivity index (χ2v) is 7.33. The predicted octanol–water partition coefficient (Wildman–Crippen LogP) is 3.14. The van der Waals surface area contributed by atoms with Crippen molar-refractivity contribution in [3.8, 4) is 0 Å². The third-order valence-corrected chi connectivity index (χ3v) is 5.02. The first-order valence-corrected chi connectivity index (χ1v) is 9.35. The molecule has 2 aromatic rings. The highest BCUT2D eigenvalue weighted by Gasteiger charge is 2.12. The number of hydrogen-bond acceptors (Lipinski definition) is 7. The Morgan fingerprint density at radius 3 is 2.88 bits per heavy atom. The molecule has 0 unspecified atom stereocenters. The number of nitrogens with one attached hydrogen (secondary N) is 3. The third-order valence-electron chi connectivity index (χ3n) is 3.05. The maximum Gasteiger partial charge on any atom is 0.321 e. The summed E-state index contributed by atoms with van der Waals surface area (Å²) in [6, 6.07) is 5.48. The molecule has 0 saturated heterocycles. The lowest BCUT2D eigenvalue weighted by Crippen LogP contribution is -2.43. The number of carbonyl (C=O) groups is 2. The van der Waals surface area contributed by atoms with Crippen LogP contribution in [0.2, 0.25) is 0 Å². The van der Waals surface area contributed by atoms with Gasteiger partial charge in [-0.25, -0.2) is 9.18 Å². The number of amides is 3. The van der Waals surface area contributed by atoms with E-state index in [2.05, 4.69) is 26.1 Å². The van der Waals surface area contributed by atoms with E-state index in [0.717, 1.165) is 6.42 Å². The van der Waals surface area contributed by atoms with Crippen molar-refractivity contribution in [3.05, 3.63) is 30.1 Å². The second-order valence-electron chi connectivity index (χ2n) is 5.13. The molecule has 3 amide bonds. The molecule has 0 radical (unpaired) electrons. The number of halogens is 1. The van der Waals surface area contributed by atoms with Crippen molar-refractivity contribution in [1.82, 2.24) is 20.8 Å². The quantitative estimate of drug-likeness (QED) is 0.636. The standard InChI is InChI=1S/C15H18FN5O2S2/c1-3-9(2)17-13(23)19-12(22)8-24-15-21-20-14(25-15)18-11-6-4-5-10(16)7-11/h4-7,9H,3,8H2,1-2H3,(H,18,20)(H2,17,19,22,23)/t9-/m0/s1. The lowest BCUT2D eigenvalue weighted by Gasteiger charge is -2.11. The van der Waals surface area contributed by atoms with Gasteiger partial charge >= 0.3 is 6.03 Å². The van der Waals surface area contributed by atoms with E-state index in [1.165, 1.54) is 35.2 Å². The predicted molar refractivity (Wildman–Crippen MR) is 96.7 cm³/mol. The van der Waals surface area contributed by atoms with Crippen molar-refractivity contribution in [2.24, 2.45) is 0 Å². The number of imide groups is 1. The van der Waals surface area contributed by atoms with Crippen LogP contribution in [0.4, 0.5) is 20.0 Å². The fraction of sp³-hybridized carbons (Fsp3) is 0.333. The van der Waals surface area contributed by atoms with Crippen molar-refractivity contribution < 1.29 is 14.0 Å². The Kier molecular flexibility index (Phi) is 7.14. The highest BCUT2D eigenvalue weighted by atomic mass is 32.2. The molecule has 1 aromatic heterocycles. The molecule has 134 valence electrons. The summed E-state index contributed by atoms with van der Waals surface area (Å²) in [6.07, 6.45) is 0.780. The molecule has 25 heavy (non-hydrogen) atoms. The summed E-state index contributed by atoms with van der Waals surface area (Å²) in [5.74, 6) is -0.722. The van der Waals surface area contributed by atoms with E-state index in [1.807, 2.05) is 13.8 Å². The van der Waals surface area contributed by atoms with Gasteiger partial charge < -0.3 is 10.6 Å². The van der Waals surface area contributed by atoms with Gasteiger partial charge in [0, 0.05) is 11.7 Å². The van der Waals surface area contributed by atoms with Gasteiger partial charge in [-0.15, -0.1) is 10.2 Å². The van der Waals surface area contributed by atoms with Crippen LogP contribution in [0.25, 0.3) is 0 Å². The van der Waals surface area contributed by atoms with Crippen LogP contribution in [-0.2, 0) is 4.79 Å². The number of rotatable bonds is 7. The highest BCUT2D eigenvalue weighted by molar-refractivity contribution is 8.01. The van der Waals surface area contributed by atoms with Crippen LogP contribution < -0.4 is 16.0 Å². The molecule has 0 spiro atoms. The Hall–Kier alpha value is -2.20. The summed E-state index contributed by atoms with van der Waals surface area (Å²) >= 11 is 2.40. The molecule has 0 aliphatic carbocycles. The van der Waals surface area contributed by atoms with E-state index < -0.39 is 11.9 Å². The fourth-order valence-electron chi connectivity index (χ4n) is 1.66. The van der Waals surface area contributed by atoms with Gasteiger partial charge in [0.1, 0.15) is 5.82 Å². The largest absolute Gasteiger partial charge is 0.335 e. The van der Waals surface area contributed by atoms with Crippen molar-refractivity contribution in [3.63, 3.8) is 0 Å². The summed E-state index contributed by atoms with van der Waals surface area (Å²) in [4.78, 5) is 23.3. The SMILES string of the molecule is CC[C@H](C)NC(=O)NC(=O)CSc1nnc(Nc2cccc(F)c2)s1. The monoisotopic (exact) mass is 383 g/mol. The number of benzene rings is 1. The summed E-state index contributed by atoms with van der Waals surface area (Å²) in [6.45, 7) is 3.79. The summed E-state index contributed by atoms with van der Waals surface area (Å²) in [7, 11) is 0. The minimum Gasteiger partial charge on any atom is -0.335 e. The lowest BCUT2D eigenvalue weighted by molar-refractivity contribution is -0.117. The van der Waals surface area contributed by atoms with Crippen LogP contribution >= 0.6 is 23.1 Å². The van der Waals surface area contributed by atoms with E-state index in [0.29, 0.717) is 15.2 Å². The number of hydrogen-bond donors (Lipinski definition) is 3. The minimum atomic E-state index is -0.509. The van der Waals surface area contributed by atoms with Crippen molar-refractivity contribution in [2.45, 2.75) is 30.6 Å². The molecule has 10 heteroatoms. The zero-order valence-corrected chi connectivity index (χ0v) is 15.3. The van der Waals surface area contributed by atoms with E-state index in [4.69, 9.17) is 0 Å². The van der Waals surface area contributed by atoms with Crippen LogP contribution in [-0.4, -0.2) is 33.9 Å². The Morgan fingerprint density at radius 2 is 2.16 bits per heavy atom. The smallest absolute Gasteiger partial charge is 0.321 e. The number of aromatic nitrogens is 2. The van der Waals surface area contributed by atoms with Crippen LogP contribution in [0.5, 0.6) is 0 Å². The topological polar surface area (TPSA) is 96.0 Å². The van der Waals surface area contributed by atoms with E-state index >= 15 is 0 Å². The summed E-state index contributed by atoms with van der Waals surface area (Å²) in [5.41, 5.74) is 0.562. The van der Waals surface area contributed by atoms with Gasteiger partial charge in [-0.2, -0.15) is 0 Å². The first-order valence-electron chi connectivity index (χ1n) is 7.55. The van der Waals surface area contributed by atoms with E-state index in [9.17, 15) is 14.0 Å². The van der Waals surface area contributed by atoms with Crippen LogP contribution in [0.3, 0.4) is 0 Å². The van der Waals surface area contributed by atoms with Gasteiger partial charge in [0.25, 0.3) is 0 Å². The number of nitrogens with zero attached hydrogens (tertiary/aromatic N) is 2. The molecule has 0 fully saturated rings. The Bertz CT molecular complexity index is 740. The van der Waals surface area contributed by atoms with E-state index in [1.54, 1.807) is 12.1 Å². The lowest BCUT2D eigenvalue weighted by atomic mass is 10.3. The molecule has 0 aliphatic heterocycles. The zero-order chi connectivity index (χ0) is 18.2. The summed E-state index contributed by atoms with van der Waals surface area (Å²) in [5, 5.41) is 16.2. The molecule has 1 heterocycles. The minimum absolute atomic E-state index is 0.0000663. The normalized spacial score (nSPS) is 11.6. The van der Waals surface area contributed by atoms with Crippen LogP contribution in [0, 0.1) is 5.82 Å². The average Bonchev–Trinajstić information content (AvgIpc) is 3.00. The van der Waals surface area contributed by atoms with Crippen molar-refractivity contribution in [1.29, 1.82) is 0 Å². The van der Waals surface area contributed by atoms with Gasteiger partial charge in [0.15, 0.2) is 4.34 Å². The highest BCUT2D eigenvalue weighted by Crippen LogP contribution is 2.27. The van der Waals surface area contributed by atoms with Crippen LogP contribution in [0.1, 0.15) is 20.3 Å². The van der Waals surface area contributed by atoms with Crippen LogP contribution in [0.15, 0.2) is 28.6 Å². The Morgan fingerprint density at radius 1 is 1.36 bits per heavy atom. The number of thioether (sulfide) groups is 1. The van der Waals surface area contributed by atoms with Gasteiger partial charge in [-0.1, -0.05) is 36.1 Å². The third kappa shape index (κ3) is 6.67. The first kappa shape index (κ1) is 19.1. The number of anilines is 2. The molecule has 2 rings (SSSR count). The molecule has 7 nitrogen and oxygen atoms in total. The molecule has 0 bridgehead atoms. The number of carbonyl (C=O) groups excluding carboxylic acids is 2. The molecule has 3 N–H and O–H groups in total. The fourth-order valence-corrected chi connectivity index (χ4v) is 3.23. The Labute approximate surface area is 152 Å². The molecule has 1 aromatic carbocycles. The average molecular weight is 383 g/mol. The van der Waals surface area contributed by atoms with E-state index in [-0.39, 0.29) is 17.6 Å². The van der Waals surface area contributed by atoms with Crippen molar-refractivity contribution >= 4 is 45.9 Å².